The van der Waals surface area contributed by atoms with E-state index < -0.39 is 23.2 Å². The van der Waals surface area contributed by atoms with Gasteiger partial charge in [-0.1, -0.05) is 28.1 Å². The molecule has 1 aliphatic rings. The second kappa shape index (κ2) is 6.75. The molecule has 26 heavy (non-hydrogen) atoms. The number of nitrogens with zero attached hydrogens (tertiary/aromatic N) is 1. The Morgan fingerprint density at radius 3 is 2.54 bits per heavy atom. The monoisotopic (exact) mass is 426 g/mol. The van der Waals surface area contributed by atoms with E-state index in [0.717, 1.165) is 17.7 Å². The summed E-state index contributed by atoms with van der Waals surface area (Å²) >= 11 is 3.33. The van der Waals surface area contributed by atoms with Gasteiger partial charge in [-0.3, -0.25) is 9.59 Å². The van der Waals surface area contributed by atoms with Crippen LogP contribution in [-0.2, 0) is 17.4 Å². The number of halogens is 4. The first kappa shape index (κ1) is 18.4. The van der Waals surface area contributed by atoms with Gasteiger partial charge in [-0.05, 0) is 36.2 Å². The molecule has 1 N–H and O–H groups in total. The fourth-order valence-corrected chi connectivity index (χ4v) is 3.54. The summed E-state index contributed by atoms with van der Waals surface area (Å²) in [7, 11) is 0. The van der Waals surface area contributed by atoms with Crippen LogP contribution in [-0.4, -0.2) is 18.4 Å². The largest absolute Gasteiger partial charge is 0.417 e. The van der Waals surface area contributed by atoms with Crippen LogP contribution >= 0.6 is 15.9 Å². The average molecular weight is 427 g/mol. The Hall–Kier alpha value is -2.35. The molecule has 3 rings (SSSR count). The molecule has 0 saturated heterocycles. The van der Waals surface area contributed by atoms with E-state index in [1.165, 1.54) is 24.0 Å². The number of amides is 2. The highest BCUT2D eigenvalue weighted by Gasteiger charge is 2.35. The molecule has 0 aromatic heterocycles. The molecule has 2 aromatic rings. The van der Waals surface area contributed by atoms with E-state index >= 15 is 0 Å². The van der Waals surface area contributed by atoms with Gasteiger partial charge in [0.1, 0.15) is 0 Å². The molecule has 1 heterocycles. The second-order valence-corrected chi connectivity index (χ2v) is 6.79. The summed E-state index contributed by atoms with van der Waals surface area (Å²) in [5.74, 6) is -1.08. The van der Waals surface area contributed by atoms with Crippen molar-refractivity contribution < 1.29 is 22.8 Å². The molecular weight excluding hydrogens is 413 g/mol. The quantitative estimate of drug-likeness (QED) is 0.760. The number of hydrogen-bond donors (Lipinski definition) is 1. The fourth-order valence-electron chi connectivity index (χ4n) is 3.04. The molecule has 0 unspecified atom stereocenters. The summed E-state index contributed by atoms with van der Waals surface area (Å²) in [6.07, 6.45) is -4.03. The molecule has 136 valence electrons. The Morgan fingerprint density at radius 2 is 1.88 bits per heavy atom. The molecule has 0 bridgehead atoms. The van der Waals surface area contributed by atoms with E-state index in [2.05, 4.69) is 21.2 Å². The zero-order valence-electron chi connectivity index (χ0n) is 13.7. The minimum Gasteiger partial charge on any atom is -0.320 e. The molecule has 1 aliphatic heterocycles. The summed E-state index contributed by atoms with van der Waals surface area (Å²) in [6, 6.07) is 8.00. The number of alkyl halides is 3. The van der Waals surface area contributed by atoms with Crippen molar-refractivity contribution in [3.05, 3.63) is 57.6 Å². The van der Waals surface area contributed by atoms with E-state index in [4.69, 9.17) is 0 Å². The Balaban J connectivity index is 2.01. The molecule has 0 atom stereocenters. The minimum atomic E-state index is -4.64. The van der Waals surface area contributed by atoms with Crippen molar-refractivity contribution in [2.45, 2.75) is 19.5 Å². The van der Waals surface area contributed by atoms with Crippen molar-refractivity contribution in [2.24, 2.45) is 0 Å². The number of anilines is 2. The highest BCUT2D eigenvalue weighted by molar-refractivity contribution is 9.10. The first-order chi connectivity index (χ1) is 12.2. The van der Waals surface area contributed by atoms with Gasteiger partial charge in [0.05, 0.1) is 22.5 Å². The zero-order chi connectivity index (χ0) is 19.1. The Morgan fingerprint density at radius 1 is 1.19 bits per heavy atom. The lowest BCUT2D eigenvalue weighted by atomic mass is 10.1. The van der Waals surface area contributed by atoms with Crippen LogP contribution in [0.3, 0.4) is 0 Å². The van der Waals surface area contributed by atoms with Gasteiger partial charge < -0.3 is 10.2 Å². The number of nitrogens with one attached hydrogen (secondary N) is 1. The lowest BCUT2D eigenvalue weighted by Crippen LogP contribution is -2.27. The summed E-state index contributed by atoms with van der Waals surface area (Å²) in [5.41, 5.74) is 0.185. The van der Waals surface area contributed by atoms with Crippen LogP contribution in [0, 0.1) is 0 Å². The number of fused-ring (bicyclic) bond motifs is 1. The van der Waals surface area contributed by atoms with Gasteiger partial charge in [-0.15, -0.1) is 0 Å². The molecule has 0 spiro atoms. The third-order valence-corrected chi connectivity index (χ3v) is 4.59. The van der Waals surface area contributed by atoms with Crippen LogP contribution in [0.15, 0.2) is 40.9 Å². The van der Waals surface area contributed by atoms with Gasteiger partial charge in [-0.2, -0.15) is 13.2 Å². The number of benzene rings is 2. The first-order valence-corrected chi connectivity index (χ1v) is 8.56. The predicted octanol–water partition coefficient (Wildman–Crippen LogP) is 4.63. The molecule has 0 fully saturated rings. The highest BCUT2D eigenvalue weighted by atomic mass is 79.9. The number of carbonyl (C=O) groups excluding carboxylic acids is 2. The van der Waals surface area contributed by atoms with E-state index in [-0.39, 0.29) is 5.91 Å². The smallest absolute Gasteiger partial charge is 0.320 e. The Labute approximate surface area is 156 Å². The third kappa shape index (κ3) is 3.46. The fraction of sp³-hybridized carbons (Fsp3) is 0.222. The maximum absolute atomic E-state index is 13.2. The topological polar surface area (TPSA) is 49.4 Å². The van der Waals surface area contributed by atoms with E-state index in [1.54, 1.807) is 6.07 Å². The van der Waals surface area contributed by atoms with E-state index in [9.17, 15) is 22.8 Å². The van der Waals surface area contributed by atoms with Crippen LogP contribution in [0.25, 0.3) is 0 Å². The SMILES string of the molecule is CC(=O)N1CCc2cc(Br)cc(NC(=O)c3ccccc3C(F)(F)F)c21. The van der Waals surface area contributed by atoms with Crippen LogP contribution in [0.5, 0.6) is 0 Å². The molecule has 0 saturated carbocycles. The average Bonchev–Trinajstić information content (AvgIpc) is 2.98. The lowest BCUT2D eigenvalue weighted by Gasteiger charge is -2.20. The van der Waals surface area contributed by atoms with Crippen LogP contribution < -0.4 is 10.2 Å². The third-order valence-electron chi connectivity index (χ3n) is 4.13. The summed E-state index contributed by atoms with van der Waals surface area (Å²) in [4.78, 5) is 25.9. The molecule has 8 heteroatoms. The number of rotatable bonds is 2. The van der Waals surface area contributed by atoms with Crippen molar-refractivity contribution in [3.63, 3.8) is 0 Å². The molecular formula is C18H14BrF3N2O2. The van der Waals surface area contributed by atoms with E-state index in [1.807, 2.05) is 6.07 Å². The molecule has 2 amide bonds. The van der Waals surface area contributed by atoms with Crippen LogP contribution in [0.4, 0.5) is 24.5 Å². The number of carbonyl (C=O) groups is 2. The highest BCUT2D eigenvalue weighted by Crippen LogP contribution is 2.39. The molecule has 2 aromatic carbocycles. The Kier molecular flexibility index (Phi) is 4.79. The van der Waals surface area contributed by atoms with Gasteiger partial charge in [-0.25, -0.2) is 0 Å². The van der Waals surface area contributed by atoms with Crippen molar-refractivity contribution >= 4 is 39.1 Å². The van der Waals surface area contributed by atoms with Crippen molar-refractivity contribution in [2.75, 3.05) is 16.8 Å². The zero-order valence-corrected chi connectivity index (χ0v) is 15.2. The first-order valence-electron chi connectivity index (χ1n) is 7.76. The summed E-state index contributed by atoms with van der Waals surface area (Å²) in [6.45, 7) is 1.87. The number of hydrogen-bond acceptors (Lipinski definition) is 2. The lowest BCUT2D eigenvalue weighted by molar-refractivity contribution is -0.137. The molecule has 0 radical (unpaired) electrons. The van der Waals surface area contributed by atoms with Crippen molar-refractivity contribution in [3.8, 4) is 0 Å². The van der Waals surface area contributed by atoms with Gasteiger partial charge in [0, 0.05) is 17.9 Å². The summed E-state index contributed by atoms with van der Waals surface area (Å²) < 4.78 is 40.1. The van der Waals surface area contributed by atoms with E-state index in [0.29, 0.717) is 28.8 Å². The molecule has 4 nitrogen and oxygen atoms in total. The molecule has 0 aliphatic carbocycles. The van der Waals surface area contributed by atoms with Gasteiger partial charge in [0.15, 0.2) is 0 Å². The van der Waals surface area contributed by atoms with Crippen LogP contribution in [0.2, 0.25) is 0 Å². The van der Waals surface area contributed by atoms with Crippen molar-refractivity contribution in [1.82, 2.24) is 0 Å². The predicted molar refractivity (Wildman–Crippen MR) is 95.3 cm³/mol. The standard InChI is InChI=1S/C18H14BrF3N2O2/c1-10(25)24-7-6-11-8-12(19)9-15(16(11)24)23-17(26)13-4-2-3-5-14(13)18(20,21)22/h2-5,8-9H,6-7H2,1H3,(H,23,26). The summed E-state index contributed by atoms with van der Waals surface area (Å²) in [5, 5.41) is 2.53. The maximum Gasteiger partial charge on any atom is 0.417 e. The van der Waals surface area contributed by atoms with Gasteiger partial charge >= 0.3 is 6.18 Å². The maximum atomic E-state index is 13.2. The van der Waals surface area contributed by atoms with Crippen LogP contribution in [0.1, 0.15) is 28.4 Å². The normalized spacial score (nSPS) is 13.5. The van der Waals surface area contributed by atoms with Gasteiger partial charge in [0.2, 0.25) is 5.91 Å². The Bertz CT molecular complexity index is 896. The minimum absolute atomic E-state index is 0.197. The van der Waals surface area contributed by atoms with Crippen molar-refractivity contribution in [1.29, 1.82) is 0 Å². The second-order valence-electron chi connectivity index (χ2n) is 5.88. The van der Waals surface area contributed by atoms with Gasteiger partial charge in [0.25, 0.3) is 5.91 Å².